The zero-order valence-corrected chi connectivity index (χ0v) is 24.2. The van der Waals surface area contributed by atoms with Crippen molar-refractivity contribution in [3.05, 3.63) is 124 Å². The van der Waals surface area contributed by atoms with Crippen LogP contribution in [0.4, 0.5) is 5.82 Å². The van der Waals surface area contributed by atoms with E-state index in [0.29, 0.717) is 17.2 Å². The number of nitrogens with one attached hydrogen (secondary N) is 2. The molecule has 0 spiro atoms. The largest absolute Gasteiger partial charge is 0.366 e. The van der Waals surface area contributed by atoms with Crippen LogP contribution in [0.5, 0.6) is 0 Å². The molecule has 0 aliphatic carbocycles. The molecule has 4 aromatic carbocycles. The predicted molar refractivity (Wildman–Crippen MR) is 163 cm³/mol. The molecule has 0 amide bonds. The van der Waals surface area contributed by atoms with E-state index in [1.54, 1.807) is 22.8 Å². The van der Waals surface area contributed by atoms with Crippen LogP contribution in [0.15, 0.2) is 113 Å². The van der Waals surface area contributed by atoms with E-state index in [2.05, 4.69) is 31.1 Å². The fourth-order valence-corrected chi connectivity index (χ4v) is 6.14. The third kappa shape index (κ3) is 5.46. The summed E-state index contributed by atoms with van der Waals surface area (Å²) in [7, 11) is -3.67. The van der Waals surface area contributed by atoms with Crippen molar-refractivity contribution in [1.82, 2.24) is 19.3 Å². The molecular weight excluding hydrogens is 610 g/mol. The van der Waals surface area contributed by atoms with Gasteiger partial charge in [0.25, 0.3) is 0 Å². The Hall–Kier alpha value is -3.76. The Morgan fingerprint density at radius 2 is 1.57 bits per heavy atom. The van der Waals surface area contributed by atoms with Crippen molar-refractivity contribution in [1.29, 1.82) is 0 Å². The highest BCUT2D eigenvalue weighted by molar-refractivity contribution is 9.10. The van der Waals surface area contributed by atoms with Crippen molar-refractivity contribution in [3.8, 4) is 11.3 Å². The highest BCUT2D eigenvalue weighted by atomic mass is 79.9. The molecule has 2 aromatic heterocycles. The Morgan fingerprint density at radius 1 is 0.825 bits per heavy atom. The summed E-state index contributed by atoms with van der Waals surface area (Å²) >= 11 is 9.98. The Balaban J connectivity index is 1.20. The van der Waals surface area contributed by atoms with Crippen LogP contribution in [-0.2, 0) is 23.1 Å². The minimum absolute atomic E-state index is 0.172. The Kier molecular flexibility index (Phi) is 7.29. The van der Waals surface area contributed by atoms with Crippen LogP contribution in [0.2, 0.25) is 5.02 Å². The molecule has 2 N–H and O–H groups in total. The molecule has 0 radical (unpaired) electrons. The van der Waals surface area contributed by atoms with Crippen molar-refractivity contribution < 1.29 is 8.42 Å². The quantitative estimate of drug-likeness (QED) is 0.188. The summed E-state index contributed by atoms with van der Waals surface area (Å²) in [4.78, 5) is 4.99. The molecule has 0 unspecified atom stereocenters. The molecule has 0 fully saturated rings. The number of nitrogens with zero attached hydrogens (tertiary/aromatic N) is 3. The van der Waals surface area contributed by atoms with Gasteiger partial charge in [-0.2, -0.15) is 9.61 Å². The zero-order chi connectivity index (χ0) is 27.7. The summed E-state index contributed by atoms with van der Waals surface area (Å²) in [5, 5.41) is 10.4. The average Bonchev–Trinajstić information content (AvgIpc) is 3.35. The van der Waals surface area contributed by atoms with Gasteiger partial charge in [0.1, 0.15) is 5.82 Å². The van der Waals surface area contributed by atoms with Crippen LogP contribution in [0.1, 0.15) is 11.1 Å². The molecule has 0 bridgehead atoms. The summed E-state index contributed by atoms with van der Waals surface area (Å²) in [6.45, 7) is 0.662. The van der Waals surface area contributed by atoms with Crippen molar-refractivity contribution >= 4 is 59.8 Å². The van der Waals surface area contributed by atoms with Gasteiger partial charge in [0.2, 0.25) is 10.0 Å². The molecule has 200 valence electrons. The highest BCUT2D eigenvalue weighted by Gasteiger charge is 2.15. The number of fused-ring (bicyclic) bond motifs is 2. The molecule has 0 saturated heterocycles. The molecule has 40 heavy (non-hydrogen) atoms. The first-order chi connectivity index (χ1) is 19.4. The van der Waals surface area contributed by atoms with Gasteiger partial charge in [-0.3, -0.25) is 0 Å². The maximum absolute atomic E-state index is 13.0. The average molecular weight is 633 g/mol. The Bertz CT molecular complexity index is 1980. The first-order valence-corrected chi connectivity index (χ1v) is 15.1. The van der Waals surface area contributed by atoms with Gasteiger partial charge in [0, 0.05) is 29.7 Å². The van der Waals surface area contributed by atoms with Gasteiger partial charge in [0.05, 0.1) is 21.3 Å². The first kappa shape index (κ1) is 26.5. The van der Waals surface area contributed by atoms with Crippen LogP contribution < -0.4 is 10.0 Å². The van der Waals surface area contributed by atoms with Crippen molar-refractivity contribution in [3.63, 3.8) is 0 Å². The van der Waals surface area contributed by atoms with Crippen LogP contribution in [0, 0.1) is 0 Å². The molecule has 0 aliphatic rings. The maximum Gasteiger partial charge on any atom is 0.240 e. The molecule has 6 rings (SSSR count). The van der Waals surface area contributed by atoms with E-state index >= 15 is 0 Å². The number of aromatic nitrogens is 3. The minimum atomic E-state index is -3.67. The van der Waals surface area contributed by atoms with Gasteiger partial charge in [-0.1, -0.05) is 84.4 Å². The van der Waals surface area contributed by atoms with E-state index in [4.69, 9.17) is 16.6 Å². The van der Waals surface area contributed by atoms with E-state index in [0.717, 1.165) is 43.4 Å². The van der Waals surface area contributed by atoms with Gasteiger partial charge in [-0.05, 0) is 56.0 Å². The maximum atomic E-state index is 13.0. The second-order valence-electron chi connectivity index (χ2n) is 9.24. The Labute approximate surface area is 245 Å². The first-order valence-electron chi connectivity index (χ1n) is 12.5. The van der Waals surface area contributed by atoms with Crippen LogP contribution in [0.25, 0.3) is 27.7 Å². The zero-order valence-electron chi connectivity index (χ0n) is 21.1. The summed E-state index contributed by atoms with van der Waals surface area (Å²) in [5.41, 5.74) is 4.04. The smallest absolute Gasteiger partial charge is 0.240 e. The van der Waals surface area contributed by atoms with E-state index in [9.17, 15) is 8.42 Å². The summed E-state index contributed by atoms with van der Waals surface area (Å²) in [5.74, 6) is 0.744. The highest BCUT2D eigenvalue weighted by Crippen LogP contribution is 2.30. The molecule has 10 heteroatoms. The number of benzene rings is 4. The molecule has 6 aromatic rings. The SMILES string of the molecule is O=S(=O)(NCc1cccc(CNc2cc(-c3ccccc3Cl)nc3c(Br)cnn23)c1)c1ccc2ccccc2c1. The van der Waals surface area contributed by atoms with Gasteiger partial charge < -0.3 is 5.32 Å². The second kappa shape index (κ2) is 11.0. The van der Waals surface area contributed by atoms with Crippen LogP contribution in [0.3, 0.4) is 0 Å². The fraction of sp³-hybridized carbons (Fsp3) is 0.0667. The third-order valence-corrected chi connectivity index (χ3v) is 8.83. The number of halogens is 2. The lowest BCUT2D eigenvalue weighted by Gasteiger charge is -2.13. The standard InChI is InChI=1S/C30H23BrClN5O2S/c31-26-19-34-37-29(16-28(36-30(26)37)25-10-3-4-11-27(25)32)33-17-20-6-5-7-21(14-20)18-35-40(38,39)24-13-12-22-8-1-2-9-23(22)15-24/h1-16,19,33,35H,17-18H2. The fourth-order valence-electron chi connectivity index (χ4n) is 4.51. The van der Waals surface area contributed by atoms with E-state index in [-0.39, 0.29) is 11.4 Å². The molecule has 2 heterocycles. The van der Waals surface area contributed by atoms with Gasteiger partial charge in [0.15, 0.2) is 5.65 Å². The summed E-state index contributed by atoms with van der Waals surface area (Å²) in [6, 6.07) is 30.1. The van der Waals surface area contributed by atoms with Gasteiger partial charge >= 0.3 is 0 Å². The monoisotopic (exact) mass is 631 g/mol. The summed E-state index contributed by atoms with van der Waals surface area (Å²) in [6.07, 6.45) is 1.70. The third-order valence-electron chi connectivity index (χ3n) is 6.54. The number of rotatable bonds is 8. The van der Waals surface area contributed by atoms with E-state index < -0.39 is 10.0 Å². The lowest BCUT2D eigenvalue weighted by Crippen LogP contribution is -2.23. The number of hydrogen-bond donors (Lipinski definition) is 2. The van der Waals surface area contributed by atoms with Crippen LogP contribution >= 0.6 is 27.5 Å². The lowest BCUT2D eigenvalue weighted by atomic mass is 10.1. The normalized spacial score (nSPS) is 11.8. The number of sulfonamides is 1. The van der Waals surface area contributed by atoms with Crippen molar-refractivity contribution in [2.75, 3.05) is 5.32 Å². The molecule has 7 nitrogen and oxygen atoms in total. The lowest BCUT2D eigenvalue weighted by molar-refractivity contribution is 0.581. The topological polar surface area (TPSA) is 88.4 Å². The van der Waals surface area contributed by atoms with Crippen LogP contribution in [-0.4, -0.2) is 23.0 Å². The second-order valence-corrected chi connectivity index (χ2v) is 12.3. The minimum Gasteiger partial charge on any atom is -0.366 e. The molecule has 0 aliphatic heterocycles. The van der Waals surface area contributed by atoms with Crippen molar-refractivity contribution in [2.45, 2.75) is 18.0 Å². The number of anilines is 1. The molecule has 0 atom stereocenters. The van der Waals surface area contributed by atoms with Gasteiger partial charge in [-0.25, -0.2) is 18.1 Å². The molecule has 0 saturated carbocycles. The van der Waals surface area contributed by atoms with E-state index in [1.807, 2.05) is 84.9 Å². The number of hydrogen-bond acceptors (Lipinski definition) is 5. The van der Waals surface area contributed by atoms with Crippen molar-refractivity contribution in [2.24, 2.45) is 0 Å². The van der Waals surface area contributed by atoms with Gasteiger partial charge in [-0.15, -0.1) is 0 Å². The summed E-state index contributed by atoms with van der Waals surface area (Å²) < 4.78 is 31.2. The van der Waals surface area contributed by atoms with E-state index in [1.165, 1.54) is 0 Å². The molecular formula is C30H23BrClN5O2S. The predicted octanol–water partition coefficient (Wildman–Crippen LogP) is 7.06. The Morgan fingerprint density at radius 3 is 2.40 bits per heavy atom.